The molecule has 0 N–H and O–H groups in total. The van der Waals surface area contributed by atoms with Gasteiger partial charge < -0.3 is 9.47 Å². The SMILES string of the molecule is C=C(C)CCOC(C)C(=O)OC. The van der Waals surface area contributed by atoms with E-state index in [9.17, 15) is 4.79 Å². The first-order chi connectivity index (χ1) is 5.57. The predicted molar refractivity (Wildman–Crippen MR) is 46.9 cm³/mol. The van der Waals surface area contributed by atoms with Crippen LogP contribution < -0.4 is 0 Å². The van der Waals surface area contributed by atoms with Crippen LogP contribution in [0.25, 0.3) is 0 Å². The van der Waals surface area contributed by atoms with Crippen LogP contribution in [0.5, 0.6) is 0 Å². The molecule has 0 rings (SSSR count). The van der Waals surface area contributed by atoms with Crippen LogP contribution in [0.2, 0.25) is 0 Å². The zero-order valence-corrected chi connectivity index (χ0v) is 7.92. The molecular weight excluding hydrogens is 156 g/mol. The third-order valence-corrected chi connectivity index (χ3v) is 1.43. The summed E-state index contributed by atoms with van der Waals surface area (Å²) in [5.41, 5.74) is 1.05. The Kier molecular flexibility index (Phi) is 5.37. The Morgan fingerprint density at radius 3 is 2.58 bits per heavy atom. The zero-order chi connectivity index (χ0) is 9.56. The molecule has 1 unspecified atom stereocenters. The van der Waals surface area contributed by atoms with Gasteiger partial charge in [-0.15, -0.1) is 6.58 Å². The summed E-state index contributed by atoms with van der Waals surface area (Å²) in [6.45, 7) is 7.83. The van der Waals surface area contributed by atoms with Crippen molar-refractivity contribution in [3.05, 3.63) is 12.2 Å². The smallest absolute Gasteiger partial charge is 0.334 e. The Morgan fingerprint density at radius 1 is 1.58 bits per heavy atom. The monoisotopic (exact) mass is 172 g/mol. The summed E-state index contributed by atoms with van der Waals surface area (Å²) >= 11 is 0. The van der Waals surface area contributed by atoms with Crippen molar-refractivity contribution >= 4 is 5.97 Å². The Bertz CT molecular complexity index is 163. The summed E-state index contributed by atoms with van der Waals surface area (Å²) in [6, 6.07) is 0. The summed E-state index contributed by atoms with van der Waals surface area (Å²) in [6.07, 6.45) is 0.302. The maximum Gasteiger partial charge on any atom is 0.334 e. The highest BCUT2D eigenvalue weighted by Crippen LogP contribution is 1.99. The number of ether oxygens (including phenoxy) is 2. The van der Waals surface area contributed by atoms with Gasteiger partial charge in [0, 0.05) is 0 Å². The van der Waals surface area contributed by atoms with Gasteiger partial charge in [-0.25, -0.2) is 4.79 Å². The molecule has 0 aromatic carbocycles. The van der Waals surface area contributed by atoms with E-state index >= 15 is 0 Å². The maximum absolute atomic E-state index is 10.8. The van der Waals surface area contributed by atoms with Crippen molar-refractivity contribution < 1.29 is 14.3 Å². The molecule has 70 valence electrons. The Morgan fingerprint density at radius 2 is 2.17 bits per heavy atom. The molecule has 0 aliphatic heterocycles. The number of methoxy groups -OCH3 is 1. The van der Waals surface area contributed by atoms with Crippen LogP contribution in [0.15, 0.2) is 12.2 Å². The molecule has 0 radical (unpaired) electrons. The standard InChI is InChI=1S/C9H16O3/c1-7(2)5-6-12-8(3)9(10)11-4/h8H,1,5-6H2,2-4H3. The third kappa shape index (κ3) is 4.91. The van der Waals surface area contributed by atoms with E-state index in [2.05, 4.69) is 11.3 Å². The summed E-state index contributed by atoms with van der Waals surface area (Å²) < 4.78 is 9.65. The van der Waals surface area contributed by atoms with Gasteiger partial charge in [-0.3, -0.25) is 0 Å². The summed E-state index contributed by atoms with van der Waals surface area (Å²) in [5.74, 6) is -0.336. The normalized spacial score (nSPS) is 12.2. The predicted octanol–water partition coefficient (Wildman–Crippen LogP) is 1.53. The first-order valence-electron chi connectivity index (χ1n) is 3.91. The fourth-order valence-corrected chi connectivity index (χ4v) is 0.644. The van der Waals surface area contributed by atoms with E-state index in [1.54, 1.807) is 6.92 Å². The summed E-state index contributed by atoms with van der Waals surface area (Å²) in [7, 11) is 1.35. The molecule has 1 atom stereocenters. The second kappa shape index (κ2) is 5.77. The molecule has 0 aliphatic rings. The highest BCUT2D eigenvalue weighted by molar-refractivity contribution is 5.73. The van der Waals surface area contributed by atoms with Crippen LogP contribution in [0, 0.1) is 0 Å². The van der Waals surface area contributed by atoms with Crippen molar-refractivity contribution in [3.8, 4) is 0 Å². The first kappa shape index (κ1) is 11.2. The van der Waals surface area contributed by atoms with E-state index in [1.165, 1.54) is 7.11 Å². The van der Waals surface area contributed by atoms with Crippen LogP contribution in [0.1, 0.15) is 20.3 Å². The number of hydrogen-bond acceptors (Lipinski definition) is 3. The minimum Gasteiger partial charge on any atom is -0.467 e. The highest BCUT2D eigenvalue weighted by Gasteiger charge is 2.12. The van der Waals surface area contributed by atoms with Crippen LogP contribution in [-0.4, -0.2) is 25.8 Å². The molecule has 0 saturated carbocycles. The van der Waals surface area contributed by atoms with Crippen molar-refractivity contribution in [1.29, 1.82) is 0 Å². The quantitative estimate of drug-likeness (QED) is 0.466. The second-order valence-electron chi connectivity index (χ2n) is 2.74. The van der Waals surface area contributed by atoms with Crippen LogP contribution in [0.4, 0.5) is 0 Å². The van der Waals surface area contributed by atoms with E-state index in [1.807, 2.05) is 6.92 Å². The van der Waals surface area contributed by atoms with Crippen molar-refractivity contribution in [1.82, 2.24) is 0 Å². The average Bonchev–Trinajstić information content (AvgIpc) is 2.02. The molecule has 0 heterocycles. The molecule has 0 bridgehead atoms. The van der Waals surface area contributed by atoms with Gasteiger partial charge in [0.25, 0.3) is 0 Å². The first-order valence-corrected chi connectivity index (χ1v) is 3.91. The fraction of sp³-hybridized carbons (Fsp3) is 0.667. The molecule has 0 amide bonds. The Balaban J connectivity index is 3.50. The Hall–Kier alpha value is -0.830. The molecule has 3 nitrogen and oxygen atoms in total. The van der Waals surface area contributed by atoms with Gasteiger partial charge in [-0.1, -0.05) is 5.57 Å². The van der Waals surface area contributed by atoms with E-state index < -0.39 is 6.10 Å². The molecule has 0 fully saturated rings. The molecule has 0 aromatic heterocycles. The van der Waals surface area contributed by atoms with E-state index in [0.717, 1.165) is 12.0 Å². The summed E-state index contributed by atoms with van der Waals surface area (Å²) in [4.78, 5) is 10.8. The molecule has 3 heteroatoms. The topological polar surface area (TPSA) is 35.5 Å². The highest BCUT2D eigenvalue weighted by atomic mass is 16.6. The van der Waals surface area contributed by atoms with Crippen molar-refractivity contribution in [2.75, 3.05) is 13.7 Å². The number of esters is 1. The van der Waals surface area contributed by atoms with Gasteiger partial charge in [0.1, 0.15) is 0 Å². The lowest BCUT2D eigenvalue weighted by molar-refractivity contribution is -0.152. The number of carbonyl (C=O) groups is 1. The van der Waals surface area contributed by atoms with E-state index in [-0.39, 0.29) is 5.97 Å². The number of rotatable bonds is 5. The number of carbonyl (C=O) groups excluding carboxylic acids is 1. The van der Waals surface area contributed by atoms with Crippen molar-refractivity contribution in [2.45, 2.75) is 26.4 Å². The minimum atomic E-state index is -0.477. The van der Waals surface area contributed by atoms with Crippen LogP contribution in [-0.2, 0) is 14.3 Å². The molecule has 12 heavy (non-hydrogen) atoms. The third-order valence-electron chi connectivity index (χ3n) is 1.43. The van der Waals surface area contributed by atoms with Gasteiger partial charge in [0.05, 0.1) is 13.7 Å². The molecule has 0 aromatic rings. The fourth-order valence-electron chi connectivity index (χ4n) is 0.644. The second-order valence-corrected chi connectivity index (χ2v) is 2.74. The molecule has 0 aliphatic carbocycles. The number of hydrogen-bond donors (Lipinski definition) is 0. The van der Waals surface area contributed by atoms with Gasteiger partial charge in [0.15, 0.2) is 6.10 Å². The van der Waals surface area contributed by atoms with Crippen molar-refractivity contribution in [2.24, 2.45) is 0 Å². The Labute approximate surface area is 73.4 Å². The molecular formula is C9H16O3. The van der Waals surface area contributed by atoms with E-state index in [4.69, 9.17) is 4.74 Å². The van der Waals surface area contributed by atoms with Crippen LogP contribution in [0.3, 0.4) is 0 Å². The molecule has 0 spiro atoms. The largest absolute Gasteiger partial charge is 0.467 e. The minimum absolute atomic E-state index is 0.336. The average molecular weight is 172 g/mol. The van der Waals surface area contributed by atoms with Gasteiger partial charge in [-0.2, -0.15) is 0 Å². The zero-order valence-electron chi connectivity index (χ0n) is 7.92. The van der Waals surface area contributed by atoms with Crippen LogP contribution >= 0.6 is 0 Å². The van der Waals surface area contributed by atoms with Gasteiger partial charge in [-0.05, 0) is 20.3 Å². The lowest BCUT2D eigenvalue weighted by Gasteiger charge is -2.09. The van der Waals surface area contributed by atoms with E-state index in [0.29, 0.717) is 6.61 Å². The maximum atomic E-state index is 10.8. The summed E-state index contributed by atoms with van der Waals surface area (Å²) in [5, 5.41) is 0. The van der Waals surface area contributed by atoms with Crippen molar-refractivity contribution in [3.63, 3.8) is 0 Å². The molecule has 0 saturated heterocycles. The van der Waals surface area contributed by atoms with Gasteiger partial charge >= 0.3 is 5.97 Å². The lowest BCUT2D eigenvalue weighted by atomic mass is 10.2. The van der Waals surface area contributed by atoms with Gasteiger partial charge in [0.2, 0.25) is 0 Å². The lowest BCUT2D eigenvalue weighted by Crippen LogP contribution is -2.22.